The molecule has 0 aliphatic heterocycles. The van der Waals surface area contributed by atoms with Crippen LogP contribution >= 0.6 is 0 Å². The van der Waals surface area contributed by atoms with Gasteiger partial charge in [-0.15, -0.1) is 0 Å². The van der Waals surface area contributed by atoms with E-state index in [-0.39, 0.29) is 5.78 Å². The quantitative estimate of drug-likeness (QED) is 0.584. The van der Waals surface area contributed by atoms with Gasteiger partial charge in [-0.2, -0.15) is 10.2 Å². The van der Waals surface area contributed by atoms with Crippen LogP contribution in [0, 0.1) is 0 Å². The lowest BCUT2D eigenvalue weighted by Crippen LogP contribution is -2.01. The first-order valence-corrected chi connectivity index (χ1v) is 8.17. The number of pyridine rings is 1. The lowest BCUT2D eigenvalue weighted by Gasteiger charge is -2.03. The number of carbonyl (C=O) groups is 1. The summed E-state index contributed by atoms with van der Waals surface area (Å²) in [7, 11) is 0. The van der Waals surface area contributed by atoms with Crippen LogP contribution < -0.4 is 5.73 Å². The molecule has 0 spiro atoms. The summed E-state index contributed by atoms with van der Waals surface area (Å²) in [6.07, 6.45) is 5.01. The maximum Gasteiger partial charge on any atom is 0.152 e. The fourth-order valence-electron chi connectivity index (χ4n) is 3.03. The molecule has 3 aromatic heterocycles. The number of nitrogens with zero attached hydrogens (tertiary/aromatic N) is 4. The molecule has 7 nitrogen and oxygen atoms in total. The number of carbonyl (C=O) groups excluding carboxylic acids is 1. The second-order valence-electron chi connectivity index (χ2n) is 6.16. The van der Waals surface area contributed by atoms with Crippen molar-refractivity contribution in [3.8, 4) is 11.3 Å². The van der Waals surface area contributed by atoms with Crippen LogP contribution in [-0.4, -0.2) is 30.7 Å². The third-order valence-corrected chi connectivity index (χ3v) is 4.26. The molecular formula is C18H18N6O. The van der Waals surface area contributed by atoms with Gasteiger partial charge in [-0.25, -0.2) is 4.98 Å². The minimum absolute atomic E-state index is 0.190. The maximum absolute atomic E-state index is 11.1. The molecule has 0 fully saturated rings. The number of aromatic amines is 1. The number of Topliss-reactive ketones (excluding diaryl/α,β-unsaturated/α-hetero) is 1. The minimum atomic E-state index is 0.190. The molecule has 4 aromatic rings. The number of nitrogens with one attached hydrogen (secondary N) is 1. The van der Waals surface area contributed by atoms with Gasteiger partial charge in [0.25, 0.3) is 0 Å². The van der Waals surface area contributed by atoms with Gasteiger partial charge in [-0.05, 0) is 25.5 Å². The zero-order valence-corrected chi connectivity index (χ0v) is 13.9. The monoisotopic (exact) mass is 334 g/mol. The normalized spacial score (nSPS) is 11.4. The molecule has 4 rings (SSSR count). The van der Waals surface area contributed by atoms with Gasteiger partial charge in [-0.1, -0.05) is 12.1 Å². The number of ketones is 1. The number of nitrogens with two attached hydrogens (primary N) is 1. The first-order chi connectivity index (χ1) is 12.1. The zero-order valence-electron chi connectivity index (χ0n) is 13.9. The van der Waals surface area contributed by atoms with Crippen LogP contribution in [0.25, 0.3) is 33.1 Å². The number of hydrogen-bond acceptors (Lipinski definition) is 5. The largest absolute Gasteiger partial charge is 0.382 e. The Labute approximate surface area is 143 Å². The van der Waals surface area contributed by atoms with Gasteiger partial charge in [0.15, 0.2) is 5.82 Å². The Hall–Kier alpha value is -3.22. The zero-order chi connectivity index (χ0) is 17.4. The van der Waals surface area contributed by atoms with Gasteiger partial charge in [0.2, 0.25) is 0 Å². The first kappa shape index (κ1) is 15.3. The van der Waals surface area contributed by atoms with Gasteiger partial charge in [0.05, 0.1) is 11.2 Å². The summed E-state index contributed by atoms with van der Waals surface area (Å²) >= 11 is 0. The van der Waals surface area contributed by atoms with E-state index in [1.165, 1.54) is 0 Å². The highest BCUT2D eigenvalue weighted by molar-refractivity contribution is 6.08. The number of benzene rings is 1. The van der Waals surface area contributed by atoms with Crippen molar-refractivity contribution in [2.24, 2.45) is 0 Å². The molecule has 7 heteroatoms. The summed E-state index contributed by atoms with van der Waals surface area (Å²) < 4.78 is 1.84. The maximum atomic E-state index is 11.1. The molecule has 0 saturated carbocycles. The number of aryl methyl sites for hydroxylation is 1. The molecule has 3 N–H and O–H groups in total. The Kier molecular flexibility index (Phi) is 3.68. The average molecular weight is 334 g/mol. The number of H-pyrrole nitrogens is 1. The van der Waals surface area contributed by atoms with Crippen molar-refractivity contribution >= 4 is 33.4 Å². The molecule has 0 radical (unpaired) electrons. The summed E-state index contributed by atoms with van der Waals surface area (Å²) in [4.78, 5) is 15.6. The highest BCUT2D eigenvalue weighted by Crippen LogP contribution is 2.29. The molecule has 1 aromatic carbocycles. The highest BCUT2D eigenvalue weighted by Gasteiger charge is 2.12. The van der Waals surface area contributed by atoms with Crippen LogP contribution in [0.15, 0.2) is 36.7 Å². The Bertz CT molecular complexity index is 1060. The molecule has 0 unspecified atom stereocenters. The van der Waals surface area contributed by atoms with Crippen molar-refractivity contribution in [2.75, 3.05) is 5.73 Å². The van der Waals surface area contributed by atoms with Crippen molar-refractivity contribution in [1.29, 1.82) is 0 Å². The number of rotatable bonds is 5. The Morgan fingerprint density at radius 1 is 1.28 bits per heavy atom. The Morgan fingerprint density at radius 2 is 2.16 bits per heavy atom. The minimum Gasteiger partial charge on any atom is -0.382 e. The summed E-state index contributed by atoms with van der Waals surface area (Å²) in [5.74, 6) is 0.601. The van der Waals surface area contributed by atoms with Crippen molar-refractivity contribution in [3.63, 3.8) is 0 Å². The molecule has 0 bridgehead atoms. The second kappa shape index (κ2) is 6.01. The Morgan fingerprint density at radius 3 is 2.92 bits per heavy atom. The number of aromatic nitrogens is 5. The van der Waals surface area contributed by atoms with E-state index in [1.807, 2.05) is 35.1 Å². The molecule has 0 aliphatic carbocycles. The Balaban J connectivity index is 1.77. The number of anilines is 1. The van der Waals surface area contributed by atoms with E-state index in [9.17, 15) is 4.79 Å². The molecule has 0 atom stereocenters. The third-order valence-electron chi connectivity index (χ3n) is 4.26. The van der Waals surface area contributed by atoms with Crippen LogP contribution in [0.4, 0.5) is 5.82 Å². The lowest BCUT2D eigenvalue weighted by atomic mass is 10.1. The van der Waals surface area contributed by atoms with E-state index in [0.717, 1.165) is 34.0 Å². The average Bonchev–Trinajstić information content (AvgIpc) is 3.24. The smallest absolute Gasteiger partial charge is 0.152 e. The van der Waals surface area contributed by atoms with Gasteiger partial charge in [-0.3, -0.25) is 9.78 Å². The van der Waals surface area contributed by atoms with E-state index in [0.29, 0.717) is 24.3 Å². The van der Waals surface area contributed by atoms with E-state index < -0.39 is 0 Å². The van der Waals surface area contributed by atoms with Gasteiger partial charge in [0, 0.05) is 41.7 Å². The summed E-state index contributed by atoms with van der Waals surface area (Å²) in [5, 5.41) is 13.4. The van der Waals surface area contributed by atoms with Crippen molar-refractivity contribution in [1.82, 2.24) is 25.0 Å². The van der Waals surface area contributed by atoms with Crippen LogP contribution in [-0.2, 0) is 11.3 Å². The molecule has 0 aliphatic rings. The number of hydrogen-bond donors (Lipinski definition) is 2. The van der Waals surface area contributed by atoms with Crippen LogP contribution in [0.1, 0.15) is 19.8 Å². The predicted octanol–water partition coefficient (Wildman–Crippen LogP) is 2.93. The van der Waals surface area contributed by atoms with Crippen molar-refractivity contribution in [2.45, 2.75) is 26.3 Å². The predicted molar refractivity (Wildman–Crippen MR) is 96.9 cm³/mol. The van der Waals surface area contributed by atoms with E-state index >= 15 is 0 Å². The molecule has 25 heavy (non-hydrogen) atoms. The fraction of sp³-hybridized carbons (Fsp3) is 0.222. The SMILES string of the molecule is CC(=O)CCCn1cc2c(n1)c(N)nc1cc(-c3ccn[nH]3)ccc12. The molecule has 0 saturated heterocycles. The highest BCUT2D eigenvalue weighted by atomic mass is 16.1. The van der Waals surface area contributed by atoms with Gasteiger partial charge in [0.1, 0.15) is 11.3 Å². The van der Waals surface area contributed by atoms with E-state index in [1.54, 1.807) is 13.1 Å². The number of fused-ring (bicyclic) bond motifs is 3. The van der Waals surface area contributed by atoms with Crippen LogP contribution in [0.2, 0.25) is 0 Å². The molecule has 126 valence electrons. The van der Waals surface area contributed by atoms with Gasteiger partial charge >= 0.3 is 0 Å². The molecular weight excluding hydrogens is 316 g/mol. The molecule has 3 heterocycles. The van der Waals surface area contributed by atoms with Crippen LogP contribution in [0.3, 0.4) is 0 Å². The van der Waals surface area contributed by atoms with Crippen LogP contribution in [0.5, 0.6) is 0 Å². The van der Waals surface area contributed by atoms with Crippen molar-refractivity contribution in [3.05, 3.63) is 36.7 Å². The summed E-state index contributed by atoms with van der Waals surface area (Å²) in [5.41, 5.74) is 9.58. The first-order valence-electron chi connectivity index (χ1n) is 8.17. The van der Waals surface area contributed by atoms with E-state index in [2.05, 4.69) is 20.3 Å². The topological polar surface area (TPSA) is 102 Å². The summed E-state index contributed by atoms with van der Waals surface area (Å²) in [6, 6.07) is 7.96. The standard InChI is InChI=1S/C18H18N6O/c1-11(25)3-2-8-24-10-14-13-5-4-12(15-6-7-20-22-15)9-16(13)21-18(19)17(14)23-24/h4-7,9-10H,2-3,8H2,1H3,(H2,19,21)(H,20,22). The lowest BCUT2D eigenvalue weighted by molar-refractivity contribution is -0.117. The number of nitrogen functional groups attached to an aromatic ring is 1. The fourth-order valence-corrected chi connectivity index (χ4v) is 3.03. The van der Waals surface area contributed by atoms with Gasteiger partial charge < -0.3 is 10.5 Å². The summed E-state index contributed by atoms with van der Waals surface area (Å²) in [6.45, 7) is 2.29. The third kappa shape index (κ3) is 2.84. The molecule has 0 amide bonds. The van der Waals surface area contributed by atoms with E-state index in [4.69, 9.17) is 5.73 Å². The second-order valence-corrected chi connectivity index (χ2v) is 6.16. The van der Waals surface area contributed by atoms with Crippen molar-refractivity contribution < 1.29 is 4.79 Å².